The van der Waals surface area contributed by atoms with Gasteiger partial charge in [0, 0.05) is 12.0 Å². The van der Waals surface area contributed by atoms with Gasteiger partial charge in [0.1, 0.15) is 0 Å². The van der Waals surface area contributed by atoms with Crippen LogP contribution in [0.5, 0.6) is 5.88 Å². The Kier molecular flexibility index (Phi) is 2.27. The van der Waals surface area contributed by atoms with Crippen LogP contribution >= 0.6 is 0 Å². The van der Waals surface area contributed by atoms with Crippen LogP contribution in [-0.4, -0.2) is 21.7 Å². The number of rotatable bonds is 2. The average Bonchev–Trinajstić information content (AvgIpc) is 2.96. The Morgan fingerprint density at radius 2 is 2.12 bits per heavy atom. The zero-order valence-electron chi connectivity index (χ0n) is 9.39. The smallest absolute Gasteiger partial charge is 0.216 e. The number of hydrogen-bond donors (Lipinski definition) is 0. The van der Waals surface area contributed by atoms with E-state index in [9.17, 15) is 0 Å². The summed E-state index contributed by atoms with van der Waals surface area (Å²) in [5, 5.41) is 4.55. The zero-order valence-corrected chi connectivity index (χ0v) is 9.39. The highest BCUT2D eigenvalue weighted by atomic mass is 16.5. The van der Waals surface area contributed by atoms with Crippen molar-refractivity contribution in [3.63, 3.8) is 0 Å². The number of fused-ring (bicyclic) bond motifs is 1. The van der Waals surface area contributed by atoms with Crippen LogP contribution in [0.3, 0.4) is 0 Å². The third kappa shape index (κ3) is 1.45. The molecule has 2 heterocycles. The fourth-order valence-corrected chi connectivity index (χ4v) is 2.41. The van der Waals surface area contributed by atoms with Gasteiger partial charge in [-0.2, -0.15) is 4.52 Å². The van der Waals surface area contributed by atoms with Gasteiger partial charge in [0.2, 0.25) is 5.88 Å². The molecule has 0 unspecified atom stereocenters. The van der Waals surface area contributed by atoms with Gasteiger partial charge in [-0.05, 0) is 18.9 Å². The van der Waals surface area contributed by atoms with Crippen molar-refractivity contribution in [2.24, 2.45) is 0 Å². The van der Waals surface area contributed by atoms with Gasteiger partial charge >= 0.3 is 0 Å². The Morgan fingerprint density at radius 3 is 2.88 bits per heavy atom. The van der Waals surface area contributed by atoms with Crippen LogP contribution in [0, 0.1) is 0 Å². The molecule has 0 aliphatic heterocycles. The van der Waals surface area contributed by atoms with E-state index in [2.05, 4.69) is 10.1 Å². The number of pyridine rings is 1. The normalized spacial score (nSPS) is 17.1. The van der Waals surface area contributed by atoms with Crippen LogP contribution in [0.1, 0.15) is 37.4 Å². The van der Waals surface area contributed by atoms with Gasteiger partial charge in [0.15, 0.2) is 11.5 Å². The largest absolute Gasteiger partial charge is 0.481 e. The lowest BCUT2D eigenvalue weighted by molar-refractivity contribution is 0.385. The maximum Gasteiger partial charge on any atom is 0.216 e. The molecule has 0 N–H and O–H groups in total. The molecule has 3 rings (SSSR count). The molecule has 4 heteroatoms. The van der Waals surface area contributed by atoms with Gasteiger partial charge in [-0.15, -0.1) is 5.10 Å². The van der Waals surface area contributed by atoms with Crippen LogP contribution in [0.2, 0.25) is 0 Å². The minimum Gasteiger partial charge on any atom is -0.481 e. The summed E-state index contributed by atoms with van der Waals surface area (Å²) >= 11 is 0. The van der Waals surface area contributed by atoms with Crippen molar-refractivity contribution in [1.82, 2.24) is 14.6 Å². The van der Waals surface area contributed by atoms with Gasteiger partial charge in [-0.25, -0.2) is 4.98 Å². The van der Waals surface area contributed by atoms with E-state index in [-0.39, 0.29) is 0 Å². The summed E-state index contributed by atoms with van der Waals surface area (Å²) in [6, 6.07) is 5.81. The highest BCUT2D eigenvalue weighted by molar-refractivity contribution is 5.41. The predicted molar refractivity (Wildman–Crippen MR) is 60.7 cm³/mol. The first-order valence-corrected chi connectivity index (χ1v) is 5.78. The van der Waals surface area contributed by atoms with Gasteiger partial charge < -0.3 is 4.74 Å². The van der Waals surface area contributed by atoms with Crippen LogP contribution < -0.4 is 4.74 Å². The van der Waals surface area contributed by atoms with Crippen molar-refractivity contribution in [2.45, 2.75) is 31.6 Å². The fourth-order valence-electron chi connectivity index (χ4n) is 2.41. The molecule has 4 nitrogen and oxygen atoms in total. The molecule has 84 valence electrons. The van der Waals surface area contributed by atoms with Crippen molar-refractivity contribution in [1.29, 1.82) is 0 Å². The predicted octanol–water partition coefficient (Wildman–Crippen LogP) is 2.40. The number of nitrogens with zero attached hydrogens (tertiary/aromatic N) is 3. The second-order valence-electron chi connectivity index (χ2n) is 4.29. The van der Waals surface area contributed by atoms with Crippen molar-refractivity contribution < 1.29 is 4.74 Å². The van der Waals surface area contributed by atoms with Gasteiger partial charge in [-0.1, -0.05) is 18.9 Å². The molecule has 0 aromatic carbocycles. The first-order valence-electron chi connectivity index (χ1n) is 5.78. The number of aromatic nitrogens is 3. The van der Waals surface area contributed by atoms with E-state index in [0.29, 0.717) is 5.92 Å². The Hall–Kier alpha value is -1.58. The lowest BCUT2D eigenvalue weighted by Crippen LogP contribution is -1.97. The first-order chi connectivity index (χ1) is 7.88. The highest BCUT2D eigenvalue weighted by Crippen LogP contribution is 2.32. The number of methoxy groups -OCH3 is 1. The van der Waals surface area contributed by atoms with E-state index in [1.54, 1.807) is 11.6 Å². The molecule has 2 aromatic heterocycles. The molecule has 2 aromatic rings. The summed E-state index contributed by atoms with van der Waals surface area (Å²) < 4.78 is 7.05. The molecule has 1 fully saturated rings. The summed E-state index contributed by atoms with van der Waals surface area (Å²) in [4.78, 5) is 4.58. The van der Waals surface area contributed by atoms with Crippen molar-refractivity contribution in [3.8, 4) is 5.88 Å². The Morgan fingerprint density at radius 1 is 1.31 bits per heavy atom. The zero-order chi connectivity index (χ0) is 11.0. The fraction of sp³-hybridized carbons (Fsp3) is 0.500. The maximum atomic E-state index is 5.26. The topological polar surface area (TPSA) is 39.4 Å². The standard InChI is InChI=1S/C12H15N3O/c1-16-11-8-4-7-10-13-12(14-15(10)11)9-5-2-3-6-9/h4,7-9H,2-3,5-6H2,1H3. The molecule has 0 amide bonds. The molecule has 1 aliphatic carbocycles. The minimum absolute atomic E-state index is 0.546. The summed E-state index contributed by atoms with van der Waals surface area (Å²) in [6.45, 7) is 0. The Balaban J connectivity index is 2.07. The SMILES string of the molecule is COc1cccc2nc(C3CCCC3)nn12. The third-order valence-corrected chi connectivity index (χ3v) is 3.27. The van der Waals surface area contributed by atoms with E-state index in [1.807, 2.05) is 18.2 Å². The van der Waals surface area contributed by atoms with E-state index in [0.717, 1.165) is 17.4 Å². The van der Waals surface area contributed by atoms with E-state index in [1.165, 1.54) is 25.7 Å². The third-order valence-electron chi connectivity index (χ3n) is 3.27. The summed E-state index contributed by atoms with van der Waals surface area (Å²) in [7, 11) is 1.66. The van der Waals surface area contributed by atoms with Gasteiger partial charge in [-0.3, -0.25) is 0 Å². The van der Waals surface area contributed by atoms with Crippen LogP contribution in [0.4, 0.5) is 0 Å². The Bertz CT molecular complexity index is 500. The van der Waals surface area contributed by atoms with E-state index < -0.39 is 0 Å². The molecule has 0 bridgehead atoms. The summed E-state index contributed by atoms with van der Waals surface area (Å²) in [5.41, 5.74) is 0.876. The molecular formula is C12H15N3O. The molecule has 0 radical (unpaired) electrons. The monoisotopic (exact) mass is 217 g/mol. The minimum atomic E-state index is 0.546. The second kappa shape index (κ2) is 3.77. The quantitative estimate of drug-likeness (QED) is 0.775. The molecular weight excluding hydrogens is 202 g/mol. The van der Waals surface area contributed by atoms with Crippen molar-refractivity contribution in [3.05, 3.63) is 24.0 Å². The van der Waals surface area contributed by atoms with Crippen LogP contribution in [0.15, 0.2) is 18.2 Å². The number of ether oxygens (including phenoxy) is 1. The average molecular weight is 217 g/mol. The lowest BCUT2D eigenvalue weighted by atomic mass is 10.1. The molecule has 0 atom stereocenters. The maximum absolute atomic E-state index is 5.26. The molecule has 0 saturated heterocycles. The van der Waals surface area contributed by atoms with Crippen LogP contribution in [0.25, 0.3) is 5.65 Å². The van der Waals surface area contributed by atoms with E-state index in [4.69, 9.17) is 4.74 Å². The molecule has 0 spiro atoms. The summed E-state index contributed by atoms with van der Waals surface area (Å²) in [5.74, 6) is 2.26. The highest BCUT2D eigenvalue weighted by Gasteiger charge is 2.21. The first kappa shape index (κ1) is 9.63. The van der Waals surface area contributed by atoms with Gasteiger partial charge in [0.25, 0.3) is 0 Å². The van der Waals surface area contributed by atoms with Crippen molar-refractivity contribution in [2.75, 3.05) is 7.11 Å². The lowest BCUT2D eigenvalue weighted by Gasteiger charge is -2.01. The second-order valence-corrected chi connectivity index (χ2v) is 4.29. The number of hydrogen-bond acceptors (Lipinski definition) is 3. The Labute approximate surface area is 94.3 Å². The summed E-state index contributed by atoms with van der Waals surface area (Å²) in [6.07, 6.45) is 5.05. The van der Waals surface area contributed by atoms with E-state index >= 15 is 0 Å². The van der Waals surface area contributed by atoms with Gasteiger partial charge in [0.05, 0.1) is 7.11 Å². The molecule has 16 heavy (non-hydrogen) atoms. The van der Waals surface area contributed by atoms with Crippen molar-refractivity contribution >= 4 is 5.65 Å². The molecule has 1 saturated carbocycles. The van der Waals surface area contributed by atoms with Crippen LogP contribution in [-0.2, 0) is 0 Å². The molecule has 1 aliphatic rings.